The Morgan fingerprint density at radius 1 is 1.03 bits per heavy atom. The van der Waals surface area contributed by atoms with Crippen LogP contribution >= 0.6 is 0 Å². The molecule has 0 saturated carbocycles. The fourth-order valence-electron chi connectivity index (χ4n) is 4.45. The van der Waals surface area contributed by atoms with Crippen molar-refractivity contribution in [1.29, 1.82) is 0 Å². The third-order valence-corrected chi connectivity index (χ3v) is 6.03. The molecule has 0 spiro atoms. The fraction of sp³-hybridized carbons (Fsp3) is 0.300. The fourth-order valence-corrected chi connectivity index (χ4v) is 4.45. The molecule has 0 radical (unpaired) electrons. The van der Waals surface area contributed by atoms with Gasteiger partial charge in [-0.25, -0.2) is 9.79 Å². The highest BCUT2D eigenvalue weighted by Crippen LogP contribution is 2.29. The maximum Gasteiger partial charge on any atom is 0.321 e. The van der Waals surface area contributed by atoms with Crippen LogP contribution < -0.4 is 15.5 Å². The summed E-state index contributed by atoms with van der Waals surface area (Å²) in [6, 6.07) is 23.0. The van der Waals surface area contributed by atoms with Gasteiger partial charge in [-0.05, 0) is 56.3 Å². The van der Waals surface area contributed by atoms with E-state index in [1.807, 2.05) is 81.7 Å². The van der Waals surface area contributed by atoms with Crippen molar-refractivity contribution in [2.75, 3.05) is 30.9 Å². The van der Waals surface area contributed by atoms with E-state index in [2.05, 4.69) is 41.5 Å². The highest BCUT2D eigenvalue weighted by Gasteiger charge is 2.33. The molecule has 0 saturated heterocycles. The van der Waals surface area contributed by atoms with Gasteiger partial charge in [-0.2, -0.15) is 0 Å². The monoisotopic (exact) mass is 497 g/mol. The van der Waals surface area contributed by atoms with Crippen molar-refractivity contribution < 1.29 is 9.59 Å². The molecule has 0 aliphatic carbocycles. The zero-order chi connectivity index (χ0) is 26.5. The number of carbonyl (C=O) groups excluding carboxylic acids is 2. The molecule has 3 aromatic carbocycles. The molecule has 1 aliphatic heterocycles. The first kappa shape index (κ1) is 26.1. The molecule has 1 unspecified atom stereocenters. The lowest BCUT2D eigenvalue weighted by Gasteiger charge is -2.27. The molecular formula is C30H35N5O2. The van der Waals surface area contributed by atoms with Crippen LogP contribution in [-0.4, -0.2) is 49.4 Å². The van der Waals surface area contributed by atoms with E-state index >= 15 is 0 Å². The van der Waals surface area contributed by atoms with E-state index in [1.54, 1.807) is 4.90 Å². The minimum Gasteiger partial charge on any atom is -0.308 e. The number of para-hydroxylation sites is 1. The predicted molar refractivity (Wildman–Crippen MR) is 150 cm³/mol. The molecule has 1 aliphatic rings. The van der Waals surface area contributed by atoms with Gasteiger partial charge in [0.25, 0.3) is 5.91 Å². The number of anilines is 2. The average molecular weight is 498 g/mol. The Balaban J connectivity index is 1.73. The van der Waals surface area contributed by atoms with Gasteiger partial charge in [0.1, 0.15) is 0 Å². The van der Waals surface area contributed by atoms with Crippen molar-refractivity contribution in [2.45, 2.75) is 33.5 Å². The van der Waals surface area contributed by atoms with Crippen molar-refractivity contribution in [1.82, 2.24) is 10.2 Å². The van der Waals surface area contributed by atoms with Crippen LogP contribution in [0.4, 0.5) is 16.2 Å². The molecule has 192 valence electrons. The van der Waals surface area contributed by atoms with Crippen LogP contribution in [0.1, 0.15) is 36.1 Å². The summed E-state index contributed by atoms with van der Waals surface area (Å²) in [5.41, 5.74) is 6.08. The second kappa shape index (κ2) is 11.4. The number of fused-ring (bicyclic) bond motifs is 1. The minimum atomic E-state index is -1.08. The summed E-state index contributed by atoms with van der Waals surface area (Å²) in [6.45, 7) is 7.43. The molecule has 1 heterocycles. The number of nitrogens with zero attached hydrogens (tertiary/aromatic N) is 3. The molecule has 4 rings (SSSR count). The first-order valence-electron chi connectivity index (χ1n) is 12.6. The number of benzene rings is 3. The molecule has 2 N–H and O–H groups in total. The second-order valence-electron chi connectivity index (χ2n) is 10.1. The number of rotatable bonds is 7. The van der Waals surface area contributed by atoms with Crippen LogP contribution in [0.3, 0.4) is 0 Å². The van der Waals surface area contributed by atoms with Gasteiger partial charge in [0.15, 0.2) is 0 Å². The SMILES string of the molecule is Cc1cccc(NC(=O)NC2N=C(c3ccc(CN(C)C)cc3)c3ccccc3N(CC(C)C)C2=O)c1. The first-order chi connectivity index (χ1) is 17.7. The van der Waals surface area contributed by atoms with Crippen molar-refractivity contribution in [3.63, 3.8) is 0 Å². The highest BCUT2D eigenvalue weighted by molar-refractivity contribution is 6.20. The Morgan fingerprint density at radius 3 is 2.43 bits per heavy atom. The van der Waals surface area contributed by atoms with Crippen molar-refractivity contribution in [2.24, 2.45) is 10.9 Å². The van der Waals surface area contributed by atoms with Crippen LogP contribution in [0.5, 0.6) is 0 Å². The minimum absolute atomic E-state index is 0.227. The normalized spacial score (nSPS) is 15.3. The number of aryl methyl sites for hydroxylation is 1. The largest absolute Gasteiger partial charge is 0.321 e. The lowest BCUT2D eigenvalue weighted by Crippen LogP contribution is -2.49. The van der Waals surface area contributed by atoms with Crippen LogP contribution in [0.2, 0.25) is 0 Å². The first-order valence-corrected chi connectivity index (χ1v) is 12.6. The number of carbonyl (C=O) groups is 2. The number of urea groups is 1. The Bertz CT molecular complexity index is 1300. The van der Waals surface area contributed by atoms with E-state index in [0.29, 0.717) is 17.9 Å². The molecule has 0 bridgehead atoms. The summed E-state index contributed by atoms with van der Waals surface area (Å²) < 4.78 is 0. The molecule has 0 fully saturated rings. The zero-order valence-corrected chi connectivity index (χ0v) is 22.2. The summed E-state index contributed by atoms with van der Waals surface area (Å²) in [5.74, 6) is -0.0367. The zero-order valence-electron chi connectivity index (χ0n) is 22.2. The van der Waals surface area contributed by atoms with Crippen molar-refractivity contribution >= 4 is 29.0 Å². The highest BCUT2D eigenvalue weighted by atomic mass is 16.2. The molecule has 3 aromatic rings. The third-order valence-electron chi connectivity index (χ3n) is 6.03. The van der Waals surface area contributed by atoms with Crippen LogP contribution in [0.25, 0.3) is 0 Å². The van der Waals surface area contributed by atoms with Gasteiger partial charge in [-0.1, -0.05) is 68.4 Å². The topological polar surface area (TPSA) is 77.0 Å². The number of amides is 3. The Hall–Kier alpha value is -3.97. The molecule has 1 atom stereocenters. The summed E-state index contributed by atoms with van der Waals surface area (Å²) in [4.78, 5) is 35.5. The Morgan fingerprint density at radius 2 is 1.76 bits per heavy atom. The maximum atomic E-state index is 13.8. The van der Waals surface area contributed by atoms with Gasteiger partial charge in [-0.15, -0.1) is 0 Å². The molecule has 3 amide bonds. The Labute approximate surface area is 219 Å². The van der Waals surface area contributed by atoms with Gasteiger partial charge < -0.3 is 20.4 Å². The number of nitrogens with one attached hydrogen (secondary N) is 2. The van der Waals surface area contributed by atoms with Crippen LogP contribution in [-0.2, 0) is 11.3 Å². The van der Waals surface area contributed by atoms with E-state index < -0.39 is 12.2 Å². The summed E-state index contributed by atoms with van der Waals surface area (Å²) >= 11 is 0. The Kier molecular flexibility index (Phi) is 8.04. The molecule has 7 heteroatoms. The molecule has 0 aromatic heterocycles. The van der Waals surface area contributed by atoms with Gasteiger partial charge in [0, 0.05) is 29.9 Å². The molecule has 7 nitrogen and oxygen atoms in total. The summed E-state index contributed by atoms with van der Waals surface area (Å²) in [6.07, 6.45) is -1.08. The third kappa shape index (κ3) is 6.43. The number of hydrogen-bond donors (Lipinski definition) is 2. The lowest BCUT2D eigenvalue weighted by atomic mass is 9.99. The predicted octanol–water partition coefficient (Wildman–Crippen LogP) is 5.04. The van der Waals surface area contributed by atoms with E-state index in [0.717, 1.165) is 28.9 Å². The molecular weight excluding hydrogens is 462 g/mol. The van der Waals surface area contributed by atoms with E-state index in [1.165, 1.54) is 5.56 Å². The van der Waals surface area contributed by atoms with Gasteiger partial charge >= 0.3 is 6.03 Å². The van der Waals surface area contributed by atoms with E-state index in [-0.39, 0.29) is 11.8 Å². The second-order valence-corrected chi connectivity index (χ2v) is 10.1. The number of hydrogen-bond acceptors (Lipinski definition) is 4. The van der Waals surface area contributed by atoms with Crippen molar-refractivity contribution in [3.05, 3.63) is 95.1 Å². The smallest absolute Gasteiger partial charge is 0.308 e. The average Bonchev–Trinajstić information content (AvgIpc) is 2.95. The standard InChI is InChI=1S/C30H35N5O2/c1-20(2)18-35-26-12-7-6-11-25(26)27(23-15-13-22(14-16-23)19-34(4)5)32-28(29(35)36)33-30(37)31-24-10-8-9-21(3)17-24/h6-17,20,28H,18-19H2,1-5H3,(H2,31,33,37). The quantitative estimate of drug-likeness (QED) is 0.480. The van der Waals surface area contributed by atoms with Crippen molar-refractivity contribution in [3.8, 4) is 0 Å². The van der Waals surface area contributed by atoms with Gasteiger partial charge in [0.05, 0.1) is 11.4 Å². The van der Waals surface area contributed by atoms with Gasteiger partial charge in [-0.3, -0.25) is 4.79 Å². The van der Waals surface area contributed by atoms with Gasteiger partial charge in [0.2, 0.25) is 6.17 Å². The van der Waals surface area contributed by atoms with E-state index in [9.17, 15) is 9.59 Å². The van der Waals surface area contributed by atoms with Crippen LogP contribution in [0, 0.1) is 12.8 Å². The summed E-state index contributed by atoms with van der Waals surface area (Å²) in [7, 11) is 4.07. The van der Waals surface area contributed by atoms with Crippen LogP contribution in [0.15, 0.2) is 77.8 Å². The summed E-state index contributed by atoms with van der Waals surface area (Å²) in [5, 5.41) is 5.65. The number of aliphatic imine (C=N–C) groups is 1. The van der Waals surface area contributed by atoms with E-state index in [4.69, 9.17) is 4.99 Å². The molecule has 37 heavy (non-hydrogen) atoms. The lowest BCUT2D eigenvalue weighted by molar-refractivity contribution is -0.120. The maximum absolute atomic E-state index is 13.8. The number of benzodiazepines with no additional fused rings is 1.